The van der Waals surface area contributed by atoms with E-state index in [-0.39, 0.29) is 0 Å². The van der Waals surface area contributed by atoms with Crippen molar-refractivity contribution in [2.75, 3.05) is 30.4 Å². The molecule has 0 bridgehead atoms. The van der Waals surface area contributed by atoms with Crippen LogP contribution in [0.5, 0.6) is 0 Å². The number of aromatic nitrogens is 4. The van der Waals surface area contributed by atoms with Gasteiger partial charge >= 0.3 is 0 Å². The molecule has 2 aromatic heterocycles. The molecule has 0 radical (unpaired) electrons. The molecule has 0 spiro atoms. The van der Waals surface area contributed by atoms with E-state index in [2.05, 4.69) is 37.3 Å². The van der Waals surface area contributed by atoms with Gasteiger partial charge in [-0.3, -0.25) is 4.98 Å². The van der Waals surface area contributed by atoms with Gasteiger partial charge in [-0.15, -0.1) is 5.10 Å². The van der Waals surface area contributed by atoms with Crippen molar-refractivity contribution in [3.8, 4) is 0 Å². The SMILES string of the molecule is CCCCCNc1nncc(N(C)CCc2ccncc2)n1. The Bertz CT molecular complexity index is 545. The van der Waals surface area contributed by atoms with Gasteiger partial charge in [0.15, 0.2) is 5.82 Å². The Hall–Kier alpha value is -2.24. The van der Waals surface area contributed by atoms with Crippen LogP contribution < -0.4 is 10.2 Å². The third-order valence-corrected chi connectivity index (χ3v) is 3.49. The molecule has 0 fully saturated rings. The van der Waals surface area contributed by atoms with Crippen LogP contribution in [0.1, 0.15) is 31.7 Å². The van der Waals surface area contributed by atoms with Crippen molar-refractivity contribution in [1.29, 1.82) is 0 Å². The fraction of sp³-hybridized carbons (Fsp3) is 0.500. The molecule has 0 saturated carbocycles. The number of anilines is 2. The maximum absolute atomic E-state index is 4.51. The molecule has 0 aliphatic heterocycles. The van der Waals surface area contributed by atoms with E-state index in [9.17, 15) is 0 Å². The summed E-state index contributed by atoms with van der Waals surface area (Å²) in [6.07, 6.45) is 9.83. The van der Waals surface area contributed by atoms with E-state index in [1.54, 1.807) is 6.20 Å². The van der Waals surface area contributed by atoms with Gasteiger partial charge in [0.25, 0.3) is 0 Å². The average molecular weight is 300 g/mol. The zero-order valence-corrected chi connectivity index (χ0v) is 13.4. The molecule has 6 nitrogen and oxygen atoms in total. The summed E-state index contributed by atoms with van der Waals surface area (Å²) in [5.74, 6) is 1.44. The number of nitrogens with one attached hydrogen (secondary N) is 1. The average Bonchev–Trinajstić information content (AvgIpc) is 2.58. The van der Waals surface area contributed by atoms with Crippen molar-refractivity contribution in [2.45, 2.75) is 32.6 Å². The summed E-state index contributed by atoms with van der Waals surface area (Å²) < 4.78 is 0. The summed E-state index contributed by atoms with van der Waals surface area (Å²) in [4.78, 5) is 10.6. The van der Waals surface area contributed by atoms with Gasteiger partial charge < -0.3 is 10.2 Å². The minimum Gasteiger partial charge on any atom is -0.358 e. The number of pyridine rings is 1. The second-order valence-corrected chi connectivity index (χ2v) is 5.30. The van der Waals surface area contributed by atoms with Gasteiger partial charge in [0.1, 0.15) is 0 Å². The summed E-state index contributed by atoms with van der Waals surface area (Å²) in [6, 6.07) is 4.07. The lowest BCUT2D eigenvalue weighted by Crippen LogP contribution is -2.22. The topological polar surface area (TPSA) is 66.8 Å². The van der Waals surface area contributed by atoms with Gasteiger partial charge in [-0.2, -0.15) is 10.1 Å². The van der Waals surface area contributed by atoms with Crippen LogP contribution in [0.4, 0.5) is 11.8 Å². The van der Waals surface area contributed by atoms with Gasteiger partial charge in [0, 0.05) is 32.5 Å². The summed E-state index contributed by atoms with van der Waals surface area (Å²) in [5, 5.41) is 11.3. The molecular weight excluding hydrogens is 276 g/mol. The molecule has 0 atom stereocenters. The Morgan fingerprint density at radius 3 is 2.77 bits per heavy atom. The molecule has 2 heterocycles. The van der Waals surface area contributed by atoms with Crippen LogP contribution in [0.15, 0.2) is 30.7 Å². The van der Waals surface area contributed by atoms with E-state index in [1.807, 2.05) is 31.6 Å². The van der Waals surface area contributed by atoms with Gasteiger partial charge in [0.05, 0.1) is 6.20 Å². The van der Waals surface area contributed by atoms with Gasteiger partial charge in [-0.05, 0) is 30.5 Å². The fourth-order valence-corrected chi connectivity index (χ4v) is 2.09. The lowest BCUT2D eigenvalue weighted by atomic mass is 10.2. The molecule has 0 amide bonds. The van der Waals surface area contributed by atoms with E-state index >= 15 is 0 Å². The van der Waals surface area contributed by atoms with Crippen molar-refractivity contribution in [3.05, 3.63) is 36.3 Å². The molecule has 22 heavy (non-hydrogen) atoms. The highest BCUT2D eigenvalue weighted by molar-refractivity contribution is 5.39. The third-order valence-electron chi connectivity index (χ3n) is 3.49. The van der Waals surface area contributed by atoms with Gasteiger partial charge in [0.2, 0.25) is 5.95 Å². The number of hydrogen-bond acceptors (Lipinski definition) is 6. The molecule has 118 valence electrons. The molecule has 2 aromatic rings. The molecule has 2 rings (SSSR count). The van der Waals surface area contributed by atoms with Crippen LogP contribution in [0, 0.1) is 0 Å². The first kappa shape index (κ1) is 16.1. The maximum atomic E-state index is 4.51. The van der Waals surface area contributed by atoms with Gasteiger partial charge in [-0.1, -0.05) is 19.8 Å². The molecule has 0 unspecified atom stereocenters. The largest absolute Gasteiger partial charge is 0.358 e. The molecule has 0 aliphatic carbocycles. The summed E-state index contributed by atoms with van der Waals surface area (Å²) >= 11 is 0. The smallest absolute Gasteiger partial charge is 0.244 e. The second kappa shape index (κ2) is 8.92. The van der Waals surface area contributed by atoms with Crippen LogP contribution in [0.25, 0.3) is 0 Å². The first-order chi connectivity index (χ1) is 10.8. The zero-order valence-electron chi connectivity index (χ0n) is 13.4. The van der Waals surface area contributed by atoms with Crippen molar-refractivity contribution in [3.63, 3.8) is 0 Å². The Morgan fingerprint density at radius 1 is 1.18 bits per heavy atom. The second-order valence-electron chi connectivity index (χ2n) is 5.30. The Kier molecular flexibility index (Phi) is 6.54. The quantitative estimate of drug-likeness (QED) is 0.718. The lowest BCUT2D eigenvalue weighted by Gasteiger charge is -2.18. The Morgan fingerprint density at radius 2 is 2.00 bits per heavy atom. The number of nitrogens with zero attached hydrogens (tertiary/aromatic N) is 5. The van der Waals surface area contributed by atoms with Crippen molar-refractivity contribution in [2.24, 2.45) is 0 Å². The van der Waals surface area contributed by atoms with E-state index in [4.69, 9.17) is 0 Å². The van der Waals surface area contributed by atoms with Gasteiger partial charge in [-0.25, -0.2) is 0 Å². The van der Waals surface area contributed by atoms with Crippen LogP contribution in [0.3, 0.4) is 0 Å². The first-order valence-electron chi connectivity index (χ1n) is 7.83. The molecule has 0 aromatic carbocycles. The van der Waals surface area contributed by atoms with Crippen molar-refractivity contribution < 1.29 is 0 Å². The van der Waals surface area contributed by atoms with Crippen LogP contribution in [-0.2, 0) is 6.42 Å². The van der Waals surface area contributed by atoms with Crippen LogP contribution in [0.2, 0.25) is 0 Å². The van der Waals surface area contributed by atoms with Crippen molar-refractivity contribution in [1.82, 2.24) is 20.2 Å². The standard InChI is InChI=1S/C16H24N6/c1-3-4-5-9-18-16-20-15(13-19-21-16)22(2)12-8-14-6-10-17-11-7-14/h6-7,10-11,13H,3-5,8-9,12H2,1-2H3,(H,18,20,21). The zero-order chi connectivity index (χ0) is 15.6. The number of likely N-dealkylation sites (N-methyl/N-ethyl adjacent to an activating group) is 1. The normalized spacial score (nSPS) is 10.5. The molecule has 0 aliphatic rings. The Labute approximate surface area is 132 Å². The minimum absolute atomic E-state index is 0.601. The minimum atomic E-state index is 0.601. The van der Waals surface area contributed by atoms with Crippen LogP contribution >= 0.6 is 0 Å². The number of rotatable bonds is 9. The van der Waals surface area contributed by atoms with Crippen molar-refractivity contribution >= 4 is 11.8 Å². The first-order valence-corrected chi connectivity index (χ1v) is 7.83. The summed E-state index contributed by atoms with van der Waals surface area (Å²) in [7, 11) is 2.02. The monoisotopic (exact) mass is 300 g/mol. The Balaban J connectivity index is 1.85. The molecule has 6 heteroatoms. The fourth-order valence-electron chi connectivity index (χ4n) is 2.09. The third kappa shape index (κ3) is 5.27. The van der Waals surface area contributed by atoms with E-state index in [0.29, 0.717) is 5.95 Å². The number of hydrogen-bond donors (Lipinski definition) is 1. The van der Waals surface area contributed by atoms with E-state index in [0.717, 1.165) is 31.7 Å². The highest BCUT2D eigenvalue weighted by Gasteiger charge is 2.06. The predicted octanol–water partition coefficient (Wildman–Crippen LogP) is 2.55. The highest BCUT2D eigenvalue weighted by atomic mass is 15.3. The lowest BCUT2D eigenvalue weighted by molar-refractivity contribution is 0.737. The van der Waals surface area contributed by atoms with E-state index in [1.165, 1.54) is 18.4 Å². The highest BCUT2D eigenvalue weighted by Crippen LogP contribution is 2.10. The maximum Gasteiger partial charge on any atom is 0.244 e. The predicted molar refractivity (Wildman–Crippen MR) is 89.1 cm³/mol. The molecule has 0 saturated heterocycles. The van der Waals surface area contributed by atoms with Crippen LogP contribution in [-0.4, -0.2) is 40.3 Å². The summed E-state index contributed by atoms with van der Waals surface area (Å²) in [6.45, 7) is 3.95. The molecule has 1 N–H and O–H groups in total. The number of unbranched alkanes of at least 4 members (excludes halogenated alkanes) is 2. The molecular formula is C16H24N6. The van der Waals surface area contributed by atoms with E-state index < -0.39 is 0 Å². The summed E-state index contributed by atoms with van der Waals surface area (Å²) in [5.41, 5.74) is 1.27.